The minimum absolute atomic E-state index is 0.135. The molecule has 3 heterocycles. The molecule has 2 aromatic rings. The number of carbonyl (C=O) groups excluding carboxylic acids is 1. The van der Waals surface area contributed by atoms with E-state index in [-0.39, 0.29) is 29.3 Å². The maximum absolute atomic E-state index is 13.1. The molecule has 1 aliphatic heterocycles. The van der Waals surface area contributed by atoms with Crippen molar-refractivity contribution in [3.63, 3.8) is 0 Å². The van der Waals surface area contributed by atoms with Crippen molar-refractivity contribution in [2.45, 2.75) is 64.6 Å². The van der Waals surface area contributed by atoms with Gasteiger partial charge in [0.25, 0.3) is 0 Å². The van der Waals surface area contributed by atoms with Crippen molar-refractivity contribution in [1.29, 1.82) is 0 Å². The summed E-state index contributed by atoms with van der Waals surface area (Å²) in [6.45, 7) is 9.47. The molecule has 1 saturated heterocycles. The van der Waals surface area contributed by atoms with Gasteiger partial charge < -0.3 is 5.32 Å². The Labute approximate surface area is 172 Å². The van der Waals surface area contributed by atoms with Gasteiger partial charge in [-0.1, -0.05) is 0 Å². The Morgan fingerprint density at radius 2 is 2.00 bits per heavy atom. The SMILES string of the molecule is CCn1ccc([C@H](C)NC(=O)[C@@H]2CCCN(S(=O)(=O)c3cn(CC)nc3C)C2)n1. The van der Waals surface area contributed by atoms with E-state index in [4.69, 9.17) is 0 Å². The summed E-state index contributed by atoms with van der Waals surface area (Å²) < 4.78 is 31.1. The lowest BCUT2D eigenvalue weighted by Crippen LogP contribution is -2.45. The molecule has 3 rings (SSSR count). The number of amides is 1. The lowest BCUT2D eigenvalue weighted by Gasteiger charge is -2.31. The van der Waals surface area contributed by atoms with E-state index in [1.807, 2.05) is 37.7 Å². The van der Waals surface area contributed by atoms with Crippen LogP contribution in [-0.2, 0) is 27.9 Å². The Morgan fingerprint density at radius 1 is 1.28 bits per heavy atom. The van der Waals surface area contributed by atoms with Crippen LogP contribution in [0.5, 0.6) is 0 Å². The third-order valence-electron chi connectivity index (χ3n) is 5.39. The molecule has 1 N–H and O–H groups in total. The molecule has 29 heavy (non-hydrogen) atoms. The zero-order chi connectivity index (χ0) is 21.2. The molecular formula is C19H30N6O3S. The first kappa shape index (κ1) is 21.5. The van der Waals surface area contributed by atoms with E-state index in [2.05, 4.69) is 15.5 Å². The topological polar surface area (TPSA) is 102 Å². The molecule has 10 heteroatoms. The van der Waals surface area contributed by atoms with Crippen LogP contribution >= 0.6 is 0 Å². The van der Waals surface area contributed by atoms with Gasteiger partial charge in [-0.3, -0.25) is 14.2 Å². The number of rotatable bonds is 7. The molecule has 2 aromatic heterocycles. The van der Waals surface area contributed by atoms with E-state index in [0.29, 0.717) is 31.6 Å². The molecule has 1 amide bonds. The lowest BCUT2D eigenvalue weighted by molar-refractivity contribution is -0.126. The Bertz CT molecular complexity index is 965. The molecule has 9 nitrogen and oxygen atoms in total. The molecule has 0 saturated carbocycles. The minimum atomic E-state index is -3.67. The summed E-state index contributed by atoms with van der Waals surface area (Å²) in [6, 6.07) is 1.66. The maximum atomic E-state index is 13.1. The number of hydrogen-bond donors (Lipinski definition) is 1. The Morgan fingerprint density at radius 3 is 2.62 bits per heavy atom. The van der Waals surface area contributed by atoms with E-state index >= 15 is 0 Å². The van der Waals surface area contributed by atoms with Crippen molar-refractivity contribution < 1.29 is 13.2 Å². The third kappa shape index (κ3) is 4.53. The van der Waals surface area contributed by atoms with Crippen molar-refractivity contribution in [2.75, 3.05) is 13.1 Å². The lowest BCUT2D eigenvalue weighted by atomic mass is 9.98. The number of carbonyl (C=O) groups is 1. The summed E-state index contributed by atoms with van der Waals surface area (Å²) >= 11 is 0. The van der Waals surface area contributed by atoms with Gasteiger partial charge in [0.05, 0.1) is 23.3 Å². The van der Waals surface area contributed by atoms with Gasteiger partial charge in [-0.25, -0.2) is 8.42 Å². The highest BCUT2D eigenvalue weighted by molar-refractivity contribution is 7.89. The van der Waals surface area contributed by atoms with Gasteiger partial charge in [-0.15, -0.1) is 0 Å². The number of aryl methyl sites for hydroxylation is 3. The van der Waals surface area contributed by atoms with Crippen molar-refractivity contribution in [2.24, 2.45) is 5.92 Å². The van der Waals surface area contributed by atoms with Gasteiger partial charge >= 0.3 is 0 Å². The number of hydrogen-bond acceptors (Lipinski definition) is 5. The van der Waals surface area contributed by atoms with Crippen molar-refractivity contribution in [3.8, 4) is 0 Å². The fourth-order valence-corrected chi connectivity index (χ4v) is 5.31. The second-order valence-corrected chi connectivity index (χ2v) is 9.37. The fraction of sp³-hybridized carbons (Fsp3) is 0.632. The molecule has 0 unspecified atom stereocenters. The number of nitrogens with zero attached hydrogens (tertiary/aromatic N) is 5. The Hall–Kier alpha value is -2.20. The second kappa shape index (κ2) is 8.66. The molecule has 0 bridgehead atoms. The quantitative estimate of drug-likeness (QED) is 0.732. The number of nitrogens with one attached hydrogen (secondary N) is 1. The first-order valence-electron chi connectivity index (χ1n) is 10.1. The van der Waals surface area contributed by atoms with E-state index < -0.39 is 10.0 Å². The first-order chi connectivity index (χ1) is 13.8. The number of piperidine rings is 1. The van der Waals surface area contributed by atoms with Crippen LogP contribution in [-0.4, -0.2) is 51.3 Å². The number of sulfonamides is 1. The molecule has 1 aliphatic rings. The van der Waals surface area contributed by atoms with Crippen molar-refractivity contribution in [3.05, 3.63) is 29.8 Å². The molecule has 0 aromatic carbocycles. The first-order valence-corrected chi connectivity index (χ1v) is 11.6. The third-order valence-corrected chi connectivity index (χ3v) is 7.35. The highest BCUT2D eigenvalue weighted by Gasteiger charge is 2.35. The van der Waals surface area contributed by atoms with Crippen LogP contribution in [0.2, 0.25) is 0 Å². The predicted molar refractivity (Wildman–Crippen MR) is 109 cm³/mol. The van der Waals surface area contributed by atoms with Gasteiger partial charge in [0.1, 0.15) is 4.90 Å². The van der Waals surface area contributed by atoms with Gasteiger partial charge in [-0.2, -0.15) is 14.5 Å². The second-order valence-electron chi connectivity index (χ2n) is 7.46. The van der Waals surface area contributed by atoms with E-state index in [1.165, 1.54) is 4.31 Å². The molecule has 2 atom stereocenters. The van der Waals surface area contributed by atoms with E-state index in [1.54, 1.807) is 17.8 Å². The Balaban J connectivity index is 1.69. The predicted octanol–water partition coefficient (Wildman–Crippen LogP) is 1.71. The summed E-state index contributed by atoms with van der Waals surface area (Å²) in [4.78, 5) is 13.0. The summed E-state index contributed by atoms with van der Waals surface area (Å²) in [7, 11) is -3.67. The highest BCUT2D eigenvalue weighted by Crippen LogP contribution is 2.26. The molecule has 160 valence electrons. The standard InChI is InChI=1S/C19H30N6O3S/c1-5-23-11-9-17(22-23)14(3)20-19(26)16-8-7-10-25(12-16)29(27,28)18-13-24(6-2)21-15(18)4/h9,11,13-14,16H,5-8,10,12H2,1-4H3,(H,20,26)/t14-,16+/m0/s1. The molecule has 0 spiro atoms. The van der Waals surface area contributed by atoms with Crippen LogP contribution in [0.25, 0.3) is 0 Å². The number of aromatic nitrogens is 4. The highest BCUT2D eigenvalue weighted by atomic mass is 32.2. The maximum Gasteiger partial charge on any atom is 0.246 e. The summed E-state index contributed by atoms with van der Waals surface area (Å²) in [6.07, 6.45) is 4.77. The summed E-state index contributed by atoms with van der Waals surface area (Å²) in [5, 5.41) is 11.7. The van der Waals surface area contributed by atoms with E-state index in [9.17, 15) is 13.2 Å². The van der Waals surface area contributed by atoms with Gasteiger partial charge in [0, 0.05) is 38.6 Å². The van der Waals surface area contributed by atoms with E-state index in [0.717, 1.165) is 12.2 Å². The largest absolute Gasteiger partial charge is 0.348 e. The van der Waals surface area contributed by atoms with Crippen LogP contribution in [0.3, 0.4) is 0 Å². The average Bonchev–Trinajstić information content (AvgIpc) is 3.34. The normalized spacial score (nSPS) is 19.2. The van der Waals surface area contributed by atoms with Gasteiger partial charge in [-0.05, 0) is 46.6 Å². The smallest absolute Gasteiger partial charge is 0.246 e. The molecule has 0 radical (unpaired) electrons. The van der Waals surface area contributed by atoms with Gasteiger partial charge in [0.2, 0.25) is 15.9 Å². The van der Waals surface area contributed by atoms with Crippen LogP contribution in [0.1, 0.15) is 51.0 Å². The van der Waals surface area contributed by atoms with Crippen LogP contribution in [0.15, 0.2) is 23.4 Å². The van der Waals surface area contributed by atoms with Crippen molar-refractivity contribution in [1.82, 2.24) is 29.2 Å². The average molecular weight is 423 g/mol. The van der Waals surface area contributed by atoms with Crippen LogP contribution < -0.4 is 5.32 Å². The zero-order valence-electron chi connectivity index (χ0n) is 17.5. The monoisotopic (exact) mass is 422 g/mol. The Kier molecular flexibility index (Phi) is 6.42. The van der Waals surface area contributed by atoms with Crippen molar-refractivity contribution >= 4 is 15.9 Å². The van der Waals surface area contributed by atoms with Crippen LogP contribution in [0, 0.1) is 12.8 Å². The molecule has 0 aliphatic carbocycles. The summed E-state index contributed by atoms with van der Waals surface area (Å²) in [5.74, 6) is -0.514. The van der Waals surface area contributed by atoms with Gasteiger partial charge in [0.15, 0.2) is 0 Å². The zero-order valence-corrected chi connectivity index (χ0v) is 18.3. The molecular weight excluding hydrogens is 392 g/mol. The fourth-order valence-electron chi connectivity index (χ4n) is 3.62. The molecule has 1 fully saturated rings. The van der Waals surface area contributed by atoms with Crippen LogP contribution in [0.4, 0.5) is 0 Å². The summed E-state index contributed by atoms with van der Waals surface area (Å²) in [5.41, 5.74) is 1.28. The minimum Gasteiger partial charge on any atom is -0.348 e.